The van der Waals surface area contributed by atoms with Crippen molar-refractivity contribution >= 4 is 107 Å². The quantitative estimate of drug-likeness (QED) is 0.188. The van der Waals surface area contributed by atoms with Gasteiger partial charge in [0.2, 0.25) is 0 Å². The third kappa shape index (κ3) is 5.57. The number of para-hydroxylation sites is 1. The zero-order valence-electron chi connectivity index (χ0n) is 32.6. The van der Waals surface area contributed by atoms with Crippen molar-refractivity contribution in [2.24, 2.45) is 9.98 Å². The number of amidine groups is 2. The van der Waals surface area contributed by atoms with Gasteiger partial charge >= 0.3 is 0 Å². The van der Waals surface area contributed by atoms with Crippen LogP contribution in [0.3, 0.4) is 0 Å². The Morgan fingerprint density at radius 2 is 1.08 bits per heavy atom. The molecule has 4 nitrogen and oxygen atoms in total. The van der Waals surface area contributed by atoms with Gasteiger partial charge in [0.15, 0.2) is 5.84 Å². The number of hydrogen-bond acceptors (Lipinski definition) is 6. The van der Waals surface area contributed by atoms with Gasteiger partial charge < -0.3 is 9.73 Å². The van der Waals surface area contributed by atoms with Crippen LogP contribution >= 0.6 is 22.7 Å². The molecule has 1 aliphatic rings. The SMILES string of the molecule is c1ccc2c(-c3ccc(C4=NC(c5cc(-c6cccc7sc8ccccc8c67)cc6oc7ccccc7c56)=NC(c5ccc6c(c5)sc5ccccc56)N4)cc3)cccc2c1. The van der Waals surface area contributed by atoms with Gasteiger partial charge in [-0.3, -0.25) is 0 Å². The Bertz CT molecular complexity index is 3810. The maximum atomic E-state index is 6.70. The summed E-state index contributed by atoms with van der Waals surface area (Å²) in [5.74, 6) is 1.43. The van der Waals surface area contributed by atoms with E-state index in [0.717, 1.165) is 61.2 Å². The maximum Gasteiger partial charge on any atom is 0.160 e. The number of thiophene rings is 2. The molecule has 1 aliphatic heterocycles. The van der Waals surface area contributed by atoms with Crippen LogP contribution in [0.5, 0.6) is 0 Å². The first kappa shape index (κ1) is 34.5. The van der Waals surface area contributed by atoms with Crippen molar-refractivity contribution in [1.29, 1.82) is 0 Å². The normalized spacial score (nSPS) is 14.4. The minimum atomic E-state index is -0.393. The first-order valence-corrected chi connectivity index (χ1v) is 22.1. The molecular weight excluding hydrogens is 783 g/mol. The van der Waals surface area contributed by atoms with Crippen molar-refractivity contribution in [3.63, 3.8) is 0 Å². The molecule has 0 aliphatic carbocycles. The van der Waals surface area contributed by atoms with Crippen molar-refractivity contribution in [1.82, 2.24) is 5.32 Å². The van der Waals surface area contributed by atoms with Crippen molar-refractivity contribution in [2.75, 3.05) is 0 Å². The average Bonchev–Trinajstić information content (AvgIpc) is 4.02. The molecule has 0 saturated carbocycles. The minimum absolute atomic E-state index is 0.393. The molecule has 1 unspecified atom stereocenters. The average molecular weight is 816 g/mol. The molecule has 4 heterocycles. The molecule has 0 amide bonds. The van der Waals surface area contributed by atoms with Gasteiger partial charge in [-0.15, -0.1) is 22.7 Å². The molecule has 13 rings (SSSR count). The monoisotopic (exact) mass is 815 g/mol. The lowest BCUT2D eigenvalue weighted by Gasteiger charge is -2.24. The summed E-state index contributed by atoms with van der Waals surface area (Å²) in [7, 11) is 0. The first-order chi connectivity index (χ1) is 30.2. The summed E-state index contributed by atoms with van der Waals surface area (Å²) in [4.78, 5) is 11.0. The topological polar surface area (TPSA) is 49.9 Å². The highest BCUT2D eigenvalue weighted by atomic mass is 32.1. The number of furan rings is 1. The van der Waals surface area contributed by atoms with Gasteiger partial charge in [0.05, 0.1) is 0 Å². The van der Waals surface area contributed by atoms with Crippen LogP contribution in [0.4, 0.5) is 0 Å². The fourth-order valence-electron chi connectivity index (χ4n) is 9.29. The maximum absolute atomic E-state index is 6.70. The molecule has 286 valence electrons. The highest BCUT2D eigenvalue weighted by molar-refractivity contribution is 7.26. The second kappa shape index (κ2) is 13.6. The van der Waals surface area contributed by atoms with Crippen LogP contribution in [0.25, 0.3) is 95.3 Å². The van der Waals surface area contributed by atoms with Crippen LogP contribution in [0.2, 0.25) is 0 Å². The molecule has 0 fully saturated rings. The van der Waals surface area contributed by atoms with E-state index >= 15 is 0 Å². The second-order valence-electron chi connectivity index (χ2n) is 15.7. The van der Waals surface area contributed by atoms with E-state index in [1.165, 1.54) is 56.7 Å². The molecule has 6 heteroatoms. The Balaban J connectivity index is 1.02. The van der Waals surface area contributed by atoms with Crippen molar-refractivity contribution in [3.05, 3.63) is 205 Å². The van der Waals surface area contributed by atoms with Gasteiger partial charge in [-0.25, -0.2) is 9.98 Å². The molecule has 12 aromatic rings. The summed E-state index contributed by atoms with van der Waals surface area (Å²) in [5, 5.41) is 13.3. The Morgan fingerprint density at radius 3 is 1.97 bits per heavy atom. The number of aliphatic imine (C=N–C) groups is 2. The number of nitrogens with zero attached hydrogens (tertiary/aromatic N) is 2. The highest BCUT2D eigenvalue weighted by Gasteiger charge is 2.26. The third-order valence-electron chi connectivity index (χ3n) is 12.2. The lowest BCUT2D eigenvalue weighted by Crippen LogP contribution is -2.33. The molecule has 0 spiro atoms. The smallest absolute Gasteiger partial charge is 0.160 e. The number of benzene rings is 9. The zero-order chi connectivity index (χ0) is 40.0. The Labute approximate surface area is 358 Å². The summed E-state index contributed by atoms with van der Waals surface area (Å²) < 4.78 is 11.7. The van der Waals surface area contributed by atoms with E-state index in [1.54, 1.807) is 0 Å². The first-order valence-electron chi connectivity index (χ1n) is 20.5. The summed E-state index contributed by atoms with van der Waals surface area (Å²) >= 11 is 3.65. The van der Waals surface area contributed by atoms with E-state index in [9.17, 15) is 0 Å². The molecule has 0 radical (unpaired) electrons. The fourth-order valence-corrected chi connectivity index (χ4v) is 11.6. The van der Waals surface area contributed by atoms with Crippen LogP contribution in [0.1, 0.15) is 22.9 Å². The van der Waals surface area contributed by atoms with E-state index in [0.29, 0.717) is 5.84 Å². The number of fused-ring (bicyclic) bond motifs is 10. The van der Waals surface area contributed by atoms with E-state index in [2.05, 4.69) is 181 Å². The predicted molar refractivity (Wildman–Crippen MR) is 260 cm³/mol. The zero-order valence-corrected chi connectivity index (χ0v) is 34.2. The summed E-state index contributed by atoms with van der Waals surface area (Å²) in [6, 6.07) is 67.3. The van der Waals surface area contributed by atoms with Crippen LogP contribution in [0, 0.1) is 0 Å². The van der Waals surface area contributed by atoms with Crippen LogP contribution in [0.15, 0.2) is 202 Å². The third-order valence-corrected chi connectivity index (χ3v) is 14.4. The lowest BCUT2D eigenvalue weighted by atomic mass is 9.95. The van der Waals surface area contributed by atoms with E-state index in [1.807, 2.05) is 34.8 Å². The molecule has 0 saturated heterocycles. The minimum Gasteiger partial charge on any atom is -0.456 e. The molecule has 0 bridgehead atoms. The van der Waals surface area contributed by atoms with Crippen molar-refractivity contribution < 1.29 is 4.42 Å². The predicted octanol–water partition coefficient (Wildman–Crippen LogP) is 15.3. The molecule has 9 aromatic carbocycles. The van der Waals surface area contributed by atoms with Crippen LogP contribution < -0.4 is 5.32 Å². The van der Waals surface area contributed by atoms with Crippen molar-refractivity contribution in [3.8, 4) is 22.3 Å². The van der Waals surface area contributed by atoms with Crippen LogP contribution in [-0.4, -0.2) is 11.7 Å². The van der Waals surface area contributed by atoms with E-state index < -0.39 is 6.17 Å². The largest absolute Gasteiger partial charge is 0.456 e. The summed E-state index contributed by atoms with van der Waals surface area (Å²) in [6.45, 7) is 0. The van der Waals surface area contributed by atoms with Gasteiger partial charge in [0.1, 0.15) is 23.2 Å². The van der Waals surface area contributed by atoms with Gasteiger partial charge in [0, 0.05) is 62.2 Å². The molecular formula is C55H33N3OS2. The Morgan fingerprint density at radius 1 is 0.426 bits per heavy atom. The summed E-state index contributed by atoms with van der Waals surface area (Å²) in [5.41, 5.74) is 9.25. The molecule has 1 N–H and O–H groups in total. The number of hydrogen-bond donors (Lipinski definition) is 1. The van der Waals surface area contributed by atoms with E-state index in [-0.39, 0.29) is 0 Å². The second-order valence-corrected chi connectivity index (χ2v) is 17.9. The Hall–Kier alpha value is -7.38. The molecule has 1 atom stereocenters. The van der Waals surface area contributed by atoms with Crippen LogP contribution in [-0.2, 0) is 0 Å². The lowest BCUT2D eigenvalue weighted by molar-refractivity contribution is 0.668. The Kier molecular flexibility index (Phi) is 7.67. The number of nitrogens with one attached hydrogen (secondary N) is 1. The van der Waals surface area contributed by atoms with Gasteiger partial charge in [0.25, 0.3) is 0 Å². The fraction of sp³-hybridized carbons (Fsp3) is 0.0182. The standard InChI is InChI=1S/C55H33N3OS2/c1-2-13-37-32(11-1)12-9-17-38(37)33-23-25-34(26-24-33)53-56-54(35-27-28-41-40-14-4-7-20-47(40)61-50(41)31-35)58-55(57-53)44-29-36(30-46-51(44)42-15-3-6-19-45(42)59-46)39-18-10-22-49-52(39)43-16-5-8-21-48(43)60-49/h1-31,54H,(H,56,57,58). The summed E-state index contributed by atoms with van der Waals surface area (Å²) in [6.07, 6.45) is -0.393. The number of rotatable bonds is 5. The van der Waals surface area contributed by atoms with Gasteiger partial charge in [-0.1, -0.05) is 146 Å². The van der Waals surface area contributed by atoms with E-state index in [4.69, 9.17) is 14.4 Å². The molecule has 61 heavy (non-hydrogen) atoms. The van der Waals surface area contributed by atoms with Crippen molar-refractivity contribution in [2.45, 2.75) is 6.17 Å². The van der Waals surface area contributed by atoms with Gasteiger partial charge in [-0.05, 0) is 81.1 Å². The van der Waals surface area contributed by atoms with Gasteiger partial charge in [-0.2, -0.15) is 0 Å². The molecule has 3 aromatic heterocycles. The highest BCUT2D eigenvalue weighted by Crippen LogP contribution is 2.43.